The van der Waals surface area contributed by atoms with Gasteiger partial charge in [0.15, 0.2) is 17.3 Å². The molecule has 47 heavy (non-hydrogen) atoms. The van der Waals surface area contributed by atoms with E-state index in [1.807, 2.05) is 19.1 Å². The number of carbonyl (C=O) groups excluding carboxylic acids is 1. The Labute approximate surface area is 278 Å². The van der Waals surface area contributed by atoms with E-state index in [9.17, 15) is 4.79 Å². The molecule has 4 aliphatic rings. The number of primary amides is 1. The van der Waals surface area contributed by atoms with Gasteiger partial charge in [-0.15, -0.1) is 0 Å². The summed E-state index contributed by atoms with van der Waals surface area (Å²) in [4.78, 5) is 34.9. The molecular weight excluding hydrogens is 590 g/mol. The summed E-state index contributed by atoms with van der Waals surface area (Å²) < 4.78 is 5.54. The van der Waals surface area contributed by atoms with Crippen molar-refractivity contribution in [1.29, 1.82) is 0 Å². The molecule has 0 radical (unpaired) electrons. The fraction of sp³-hybridized carbons (Fsp3) is 0.556. The highest BCUT2D eigenvalue weighted by molar-refractivity contribution is 5.97. The Bertz CT molecular complexity index is 1580. The van der Waals surface area contributed by atoms with Crippen molar-refractivity contribution in [2.45, 2.75) is 64.5 Å². The third kappa shape index (κ3) is 6.79. The summed E-state index contributed by atoms with van der Waals surface area (Å²) in [5.41, 5.74) is 11.8. The number of aryl methyl sites for hydroxylation is 2. The van der Waals surface area contributed by atoms with Gasteiger partial charge in [-0.05, 0) is 94.8 Å². The number of nitrogens with two attached hydrogens (primary N) is 1. The van der Waals surface area contributed by atoms with Crippen LogP contribution in [0.15, 0.2) is 36.5 Å². The second kappa shape index (κ2) is 13.4. The molecule has 5 heterocycles. The van der Waals surface area contributed by atoms with Crippen LogP contribution in [0.3, 0.4) is 0 Å². The Morgan fingerprint density at radius 3 is 2.30 bits per heavy atom. The lowest BCUT2D eigenvalue weighted by Crippen LogP contribution is -2.52. The van der Waals surface area contributed by atoms with E-state index >= 15 is 0 Å². The molecule has 11 nitrogen and oxygen atoms in total. The summed E-state index contributed by atoms with van der Waals surface area (Å²) in [5, 5.41) is 7.09. The Kier molecular flexibility index (Phi) is 9.04. The minimum atomic E-state index is -0.637. The van der Waals surface area contributed by atoms with Gasteiger partial charge in [0.05, 0.1) is 18.9 Å². The number of amides is 1. The number of anilines is 4. The number of carbonyl (C=O) groups is 1. The maximum atomic E-state index is 12.8. The van der Waals surface area contributed by atoms with E-state index in [1.54, 1.807) is 6.20 Å². The molecule has 4 N–H and O–H groups in total. The van der Waals surface area contributed by atoms with Crippen LogP contribution < -0.4 is 21.3 Å². The molecule has 1 spiro atoms. The first kappa shape index (κ1) is 31.8. The van der Waals surface area contributed by atoms with E-state index in [2.05, 4.69) is 62.5 Å². The molecule has 1 aliphatic carbocycles. The van der Waals surface area contributed by atoms with Crippen LogP contribution in [0.5, 0.6) is 0 Å². The van der Waals surface area contributed by atoms with Crippen LogP contribution in [-0.4, -0.2) is 102 Å². The van der Waals surface area contributed by atoms with Crippen molar-refractivity contribution < 1.29 is 9.53 Å². The quantitative estimate of drug-likeness (QED) is 0.323. The smallest absolute Gasteiger partial charge is 0.271 e. The summed E-state index contributed by atoms with van der Waals surface area (Å²) in [7, 11) is 2.22. The summed E-state index contributed by atoms with van der Waals surface area (Å²) in [6.45, 7) is 12.7. The Morgan fingerprint density at radius 1 is 0.915 bits per heavy atom. The molecule has 7 rings (SSSR count). The molecule has 0 unspecified atom stereocenters. The highest BCUT2D eigenvalue weighted by Gasteiger charge is 2.41. The van der Waals surface area contributed by atoms with Gasteiger partial charge in [0.25, 0.3) is 5.91 Å². The van der Waals surface area contributed by atoms with Crippen molar-refractivity contribution in [2.75, 3.05) is 75.1 Å². The molecule has 2 aromatic heterocycles. The number of aromatic nitrogens is 3. The highest BCUT2D eigenvalue weighted by atomic mass is 16.5. The van der Waals surface area contributed by atoms with E-state index in [-0.39, 0.29) is 11.7 Å². The largest absolute Gasteiger partial charge is 0.380 e. The van der Waals surface area contributed by atoms with E-state index in [4.69, 9.17) is 20.4 Å². The van der Waals surface area contributed by atoms with Crippen LogP contribution in [0, 0.1) is 19.3 Å². The minimum Gasteiger partial charge on any atom is -0.380 e. The predicted octanol–water partition coefficient (Wildman–Crippen LogP) is 4.59. The zero-order chi connectivity index (χ0) is 32.5. The number of likely N-dealkylation sites (N-methyl/N-ethyl adjacent to an activating group) is 1. The van der Waals surface area contributed by atoms with Crippen molar-refractivity contribution in [3.8, 4) is 11.4 Å². The Balaban J connectivity index is 1.11. The molecule has 3 saturated heterocycles. The monoisotopic (exact) mass is 639 g/mol. The number of ether oxygens (including phenoxy) is 1. The Morgan fingerprint density at radius 2 is 1.66 bits per heavy atom. The van der Waals surface area contributed by atoms with Crippen LogP contribution in [0.2, 0.25) is 0 Å². The molecule has 4 fully saturated rings. The second-order valence-corrected chi connectivity index (χ2v) is 14.2. The number of hydrogen-bond acceptors (Lipinski definition) is 10. The molecule has 0 atom stereocenters. The maximum Gasteiger partial charge on any atom is 0.271 e. The summed E-state index contributed by atoms with van der Waals surface area (Å²) in [6, 6.07) is 11.2. The third-order valence-electron chi connectivity index (χ3n) is 10.9. The first-order chi connectivity index (χ1) is 22.8. The van der Waals surface area contributed by atoms with Gasteiger partial charge in [-0.25, -0.2) is 9.97 Å². The minimum absolute atomic E-state index is 0.0949. The van der Waals surface area contributed by atoms with E-state index in [0.29, 0.717) is 34.5 Å². The first-order valence-corrected chi connectivity index (χ1v) is 17.3. The first-order valence-electron chi connectivity index (χ1n) is 17.3. The van der Waals surface area contributed by atoms with Crippen molar-refractivity contribution in [3.05, 3.63) is 53.3 Å². The van der Waals surface area contributed by atoms with Crippen LogP contribution in [0.4, 0.5) is 23.0 Å². The standard InChI is InChI=1S/C36H49N9O2/c1-24-5-4-14-38-30(24)31-34(39-26-8-12-36(13-9-26)22-47-23-36)42-35(32(41-31)33(37)46)40-27-6-7-29(25(2)21-27)45-15-10-28(11-16-45)44-19-17-43(3)18-20-44/h4-7,14,21,26,28H,8-13,15-20,22-23H2,1-3H3,(H2,37,46)(H2,39,40,42). The van der Waals surface area contributed by atoms with Gasteiger partial charge in [-0.2, -0.15) is 0 Å². The van der Waals surface area contributed by atoms with Crippen LogP contribution in [0.25, 0.3) is 11.4 Å². The second-order valence-electron chi connectivity index (χ2n) is 14.2. The molecular formula is C36H49N9O2. The zero-order valence-corrected chi connectivity index (χ0v) is 28.1. The molecule has 3 aliphatic heterocycles. The number of hydrogen-bond donors (Lipinski definition) is 3. The number of rotatable bonds is 8. The van der Waals surface area contributed by atoms with Gasteiger partial charge in [0.1, 0.15) is 5.69 Å². The molecule has 1 aromatic carbocycles. The molecule has 250 valence electrons. The number of piperidine rings is 1. The fourth-order valence-electron chi connectivity index (χ4n) is 7.82. The molecule has 0 bridgehead atoms. The van der Waals surface area contributed by atoms with Crippen molar-refractivity contribution >= 4 is 28.9 Å². The zero-order valence-electron chi connectivity index (χ0n) is 28.1. The lowest BCUT2D eigenvalue weighted by molar-refractivity contribution is -0.131. The van der Waals surface area contributed by atoms with Gasteiger partial charge >= 0.3 is 0 Å². The third-order valence-corrected chi connectivity index (χ3v) is 10.9. The van der Waals surface area contributed by atoms with Gasteiger partial charge in [0.2, 0.25) is 0 Å². The fourth-order valence-corrected chi connectivity index (χ4v) is 7.82. The van der Waals surface area contributed by atoms with Crippen molar-refractivity contribution in [1.82, 2.24) is 24.8 Å². The Hall–Kier alpha value is -3.80. The van der Waals surface area contributed by atoms with Gasteiger partial charge in [0, 0.05) is 74.3 Å². The molecule has 1 amide bonds. The normalized spacial score (nSPS) is 21.0. The number of nitrogens with zero attached hydrogens (tertiary/aromatic N) is 6. The van der Waals surface area contributed by atoms with Gasteiger partial charge in [-0.3, -0.25) is 14.7 Å². The van der Waals surface area contributed by atoms with Gasteiger partial charge in [-0.1, -0.05) is 6.07 Å². The van der Waals surface area contributed by atoms with Crippen LogP contribution in [-0.2, 0) is 4.74 Å². The molecule has 11 heteroatoms. The molecule has 3 aromatic rings. The summed E-state index contributed by atoms with van der Waals surface area (Å²) >= 11 is 0. The highest BCUT2D eigenvalue weighted by Crippen LogP contribution is 2.43. The lowest BCUT2D eigenvalue weighted by Gasteiger charge is -2.46. The SMILES string of the molecule is Cc1cc(Nc2nc(NC3CCC4(CC3)COC4)c(-c3ncccc3C)nc2C(N)=O)ccc1N1CCC(N2CCN(C)CC2)CC1. The average molecular weight is 640 g/mol. The van der Waals surface area contributed by atoms with E-state index < -0.39 is 5.91 Å². The van der Waals surface area contributed by atoms with Crippen LogP contribution >= 0.6 is 0 Å². The van der Waals surface area contributed by atoms with Gasteiger partial charge < -0.3 is 30.9 Å². The molecule has 1 saturated carbocycles. The topological polar surface area (TPSA) is 125 Å². The average Bonchev–Trinajstić information content (AvgIpc) is 3.05. The number of nitrogens with one attached hydrogen (secondary N) is 2. The maximum absolute atomic E-state index is 12.8. The van der Waals surface area contributed by atoms with Crippen molar-refractivity contribution in [2.24, 2.45) is 11.1 Å². The summed E-state index contributed by atoms with van der Waals surface area (Å²) in [6.07, 6.45) is 8.42. The lowest BCUT2D eigenvalue weighted by atomic mass is 9.71. The van der Waals surface area contributed by atoms with Crippen LogP contribution in [0.1, 0.15) is 60.1 Å². The van der Waals surface area contributed by atoms with Crippen molar-refractivity contribution in [3.63, 3.8) is 0 Å². The van der Waals surface area contributed by atoms with E-state index in [1.165, 1.54) is 37.2 Å². The number of pyridine rings is 1. The summed E-state index contributed by atoms with van der Waals surface area (Å²) in [5.74, 6) is 0.321. The van der Waals surface area contributed by atoms with E-state index in [0.717, 1.165) is 76.3 Å². The number of piperazine rings is 1. The predicted molar refractivity (Wildman–Crippen MR) is 186 cm³/mol. The number of benzene rings is 1.